The predicted octanol–water partition coefficient (Wildman–Crippen LogP) is 4.74. The van der Waals surface area contributed by atoms with Crippen LogP contribution in [0.3, 0.4) is 0 Å². The summed E-state index contributed by atoms with van der Waals surface area (Å²) >= 11 is 0. The Balaban J connectivity index is 1.49. The van der Waals surface area contributed by atoms with E-state index in [2.05, 4.69) is 10.2 Å². The fourth-order valence-electron chi connectivity index (χ4n) is 4.14. The molecule has 0 radical (unpaired) electrons. The second kappa shape index (κ2) is 10.5. The molecule has 35 heavy (non-hydrogen) atoms. The summed E-state index contributed by atoms with van der Waals surface area (Å²) in [5, 5.41) is 3.68. The summed E-state index contributed by atoms with van der Waals surface area (Å²) in [6, 6.07) is 14.7. The molecule has 2 aromatic carbocycles. The minimum absolute atomic E-state index is 0.0925. The van der Waals surface area contributed by atoms with Crippen molar-refractivity contribution in [3.8, 4) is 0 Å². The molecular formula is C26H29F3N4O2. The van der Waals surface area contributed by atoms with Gasteiger partial charge in [0.05, 0.1) is 29.4 Å². The van der Waals surface area contributed by atoms with E-state index in [0.717, 1.165) is 11.5 Å². The summed E-state index contributed by atoms with van der Waals surface area (Å²) in [6.07, 6.45) is -4.28. The topological polar surface area (TPSA) is 57.7 Å². The van der Waals surface area contributed by atoms with E-state index in [1.165, 1.54) is 12.1 Å². The highest BCUT2D eigenvalue weighted by Gasteiger charge is 2.31. The van der Waals surface area contributed by atoms with Crippen LogP contribution in [0.25, 0.3) is 10.9 Å². The molecule has 1 amide bonds. The first-order valence-electron chi connectivity index (χ1n) is 11.7. The molecule has 9 heteroatoms. The summed E-state index contributed by atoms with van der Waals surface area (Å²) in [7, 11) is 0. The smallest absolute Gasteiger partial charge is 0.377 e. The largest absolute Gasteiger partial charge is 0.416 e. The number of amides is 1. The molecule has 0 spiro atoms. The first kappa shape index (κ1) is 24.8. The quantitative estimate of drug-likeness (QED) is 0.489. The number of carbonyl (C=O) groups excluding carboxylic acids is 1. The van der Waals surface area contributed by atoms with Gasteiger partial charge in [0.15, 0.2) is 0 Å². The zero-order valence-electron chi connectivity index (χ0n) is 19.8. The number of piperazine rings is 1. The zero-order valence-corrected chi connectivity index (χ0v) is 19.8. The number of hydrogen-bond acceptors (Lipinski definition) is 5. The van der Waals surface area contributed by atoms with Gasteiger partial charge in [-0.05, 0) is 44.2 Å². The Morgan fingerprint density at radius 1 is 1.03 bits per heavy atom. The lowest BCUT2D eigenvalue weighted by molar-refractivity contribution is -0.137. The summed E-state index contributed by atoms with van der Waals surface area (Å²) < 4.78 is 44.8. The van der Waals surface area contributed by atoms with Crippen molar-refractivity contribution in [2.24, 2.45) is 0 Å². The van der Waals surface area contributed by atoms with Gasteiger partial charge in [-0.2, -0.15) is 13.2 Å². The van der Waals surface area contributed by atoms with Crippen molar-refractivity contribution in [2.75, 3.05) is 49.1 Å². The molecule has 1 N–H and O–H groups in total. The molecule has 6 nitrogen and oxygen atoms in total. The maximum absolute atomic E-state index is 13.1. The SMILES string of the molecule is CC(C)OCCNC(=O)c1cc(N2CCN(c3cccc(C(F)(F)F)c3)CC2)nc2ccccc12. The molecule has 3 aromatic rings. The number of aromatic nitrogens is 1. The van der Waals surface area contributed by atoms with Crippen LogP contribution in [0.5, 0.6) is 0 Å². The maximum Gasteiger partial charge on any atom is 0.416 e. The highest BCUT2D eigenvalue weighted by Crippen LogP contribution is 2.32. The molecule has 1 fully saturated rings. The van der Waals surface area contributed by atoms with E-state index < -0.39 is 11.7 Å². The standard InChI is InChI=1S/C26H29F3N4O2/c1-18(2)35-15-10-30-25(34)22-17-24(31-23-9-4-3-8-21(22)23)33-13-11-32(12-14-33)20-7-5-6-19(16-20)26(27,28)29/h3-9,16-18H,10-15H2,1-2H3,(H,30,34). The molecule has 186 valence electrons. The lowest BCUT2D eigenvalue weighted by atomic mass is 10.1. The summed E-state index contributed by atoms with van der Waals surface area (Å²) in [5.74, 6) is 0.482. The third-order valence-electron chi connectivity index (χ3n) is 5.93. The first-order valence-corrected chi connectivity index (χ1v) is 11.7. The number of nitrogens with zero attached hydrogens (tertiary/aromatic N) is 3. The van der Waals surface area contributed by atoms with Gasteiger partial charge in [0, 0.05) is 43.8 Å². The third kappa shape index (κ3) is 6.03. The Morgan fingerprint density at radius 3 is 2.46 bits per heavy atom. The molecule has 0 atom stereocenters. The third-order valence-corrected chi connectivity index (χ3v) is 5.93. The van der Waals surface area contributed by atoms with Crippen LogP contribution < -0.4 is 15.1 Å². The number of rotatable bonds is 7. The average Bonchev–Trinajstić information content (AvgIpc) is 2.85. The van der Waals surface area contributed by atoms with Crippen molar-refractivity contribution < 1.29 is 22.7 Å². The first-order chi connectivity index (χ1) is 16.7. The molecule has 0 aliphatic carbocycles. The van der Waals surface area contributed by atoms with Crippen molar-refractivity contribution in [3.05, 3.63) is 65.7 Å². The minimum Gasteiger partial charge on any atom is -0.377 e. The summed E-state index contributed by atoms with van der Waals surface area (Å²) in [4.78, 5) is 21.7. The Hall–Kier alpha value is -3.33. The number of fused-ring (bicyclic) bond motifs is 1. The van der Waals surface area contributed by atoms with Crippen LogP contribution in [0.2, 0.25) is 0 Å². The molecule has 4 rings (SSSR count). The molecule has 1 aliphatic rings. The highest BCUT2D eigenvalue weighted by atomic mass is 19.4. The van der Waals surface area contributed by atoms with E-state index in [1.54, 1.807) is 12.1 Å². The molecule has 0 unspecified atom stereocenters. The number of hydrogen-bond donors (Lipinski definition) is 1. The molecule has 1 aromatic heterocycles. The van der Waals surface area contributed by atoms with Crippen LogP contribution >= 0.6 is 0 Å². The van der Waals surface area contributed by atoms with Gasteiger partial charge >= 0.3 is 6.18 Å². The van der Waals surface area contributed by atoms with Crippen molar-refractivity contribution in [1.82, 2.24) is 10.3 Å². The number of benzene rings is 2. The van der Waals surface area contributed by atoms with E-state index >= 15 is 0 Å². The fourth-order valence-corrected chi connectivity index (χ4v) is 4.14. The van der Waals surface area contributed by atoms with Crippen molar-refractivity contribution >= 4 is 28.3 Å². The van der Waals surface area contributed by atoms with Gasteiger partial charge in [-0.15, -0.1) is 0 Å². The van der Waals surface area contributed by atoms with Crippen LogP contribution in [-0.2, 0) is 10.9 Å². The van der Waals surface area contributed by atoms with Gasteiger partial charge in [-0.1, -0.05) is 24.3 Å². The van der Waals surface area contributed by atoms with Gasteiger partial charge in [0.2, 0.25) is 0 Å². The molecule has 2 heterocycles. The van der Waals surface area contributed by atoms with Crippen LogP contribution in [0.1, 0.15) is 29.8 Å². The predicted molar refractivity (Wildman–Crippen MR) is 131 cm³/mol. The summed E-state index contributed by atoms with van der Waals surface area (Å²) in [5.41, 5.74) is 1.15. The number of pyridine rings is 1. The second-order valence-corrected chi connectivity index (χ2v) is 8.74. The lowest BCUT2D eigenvalue weighted by Gasteiger charge is -2.37. The van der Waals surface area contributed by atoms with Crippen LogP contribution in [0.15, 0.2) is 54.6 Å². The average molecular weight is 487 g/mol. The number of ether oxygens (including phenoxy) is 1. The van der Waals surface area contributed by atoms with Crippen LogP contribution in [0, 0.1) is 0 Å². The lowest BCUT2D eigenvalue weighted by Crippen LogP contribution is -2.47. The van der Waals surface area contributed by atoms with E-state index in [4.69, 9.17) is 9.72 Å². The monoisotopic (exact) mass is 486 g/mol. The Kier molecular flexibility index (Phi) is 7.45. The van der Waals surface area contributed by atoms with Gasteiger partial charge < -0.3 is 19.9 Å². The van der Waals surface area contributed by atoms with Crippen LogP contribution in [-0.4, -0.2) is 56.3 Å². The molecule has 1 saturated heterocycles. The molecule has 0 bridgehead atoms. The highest BCUT2D eigenvalue weighted by molar-refractivity contribution is 6.07. The van der Waals surface area contributed by atoms with Gasteiger partial charge in [0.25, 0.3) is 5.91 Å². The minimum atomic E-state index is -4.37. The van der Waals surface area contributed by atoms with E-state index in [-0.39, 0.29) is 12.0 Å². The molecular weight excluding hydrogens is 457 g/mol. The molecule has 1 aliphatic heterocycles. The molecule has 0 saturated carbocycles. The van der Waals surface area contributed by atoms with Crippen LogP contribution in [0.4, 0.5) is 24.7 Å². The van der Waals surface area contributed by atoms with Crippen molar-refractivity contribution in [3.63, 3.8) is 0 Å². The number of nitrogens with one attached hydrogen (secondary N) is 1. The Labute approximate surface area is 202 Å². The fraction of sp³-hybridized carbons (Fsp3) is 0.385. The van der Waals surface area contributed by atoms with Crippen molar-refractivity contribution in [1.29, 1.82) is 0 Å². The normalized spacial score (nSPS) is 14.6. The van der Waals surface area contributed by atoms with E-state index in [1.807, 2.05) is 43.0 Å². The number of carbonyl (C=O) groups is 1. The zero-order chi connectivity index (χ0) is 25.0. The van der Waals surface area contributed by atoms with E-state index in [9.17, 15) is 18.0 Å². The van der Waals surface area contributed by atoms with E-state index in [0.29, 0.717) is 61.9 Å². The van der Waals surface area contributed by atoms with Gasteiger partial charge in [-0.3, -0.25) is 4.79 Å². The second-order valence-electron chi connectivity index (χ2n) is 8.74. The maximum atomic E-state index is 13.1. The number of halogens is 3. The van der Waals surface area contributed by atoms with Gasteiger partial charge in [0.1, 0.15) is 5.82 Å². The number of para-hydroxylation sites is 1. The number of anilines is 2. The number of alkyl halides is 3. The Morgan fingerprint density at radius 2 is 1.74 bits per heavy atom. The van der Waals surface area contributed by atoms with Gasteiger partial charge in [-0.25, -0.2) is 4.98 Å². The Bertz CT molecular complexity index is 1170. The van der Waals surface area contributed by atoms with Crippen molar-refractivity contribution in [2.45, 2.75) is 26.1 Å². The summed E-state index contributed by atoms with van der Waals surface area (Å²) in [6.45, 7) is 6.95.